The Bertz CT molecular complexity index is 177. The van der Waals surface area contributed by atoms with Gasteiger partial charge in [-0.2, -0.15) is 0 Å². The monoisotopic (exact) mass is 156 g/mol. The van der Waals surface area contributed by atoms with Crippen LogP contribution in [0.15, 0.2) is 16.4 Å². The van der Waals surface area contributed by atoms with Crippen molar-refractivity contribution in [1.29, 1.82) is 0 Å². The summed E-state index contributed by atoms with van der Waals surface area (Å²) >= 11 is 0. The summed E-state index contributed by atoms with van der Waals surface area (Å²) in [6.07, 6.45) is 0. The maximum absolute atomic E-state index is 4.50. The van der Waals surface area contributed by atoms with Crippen molar-refractivity contribution >= 4 is 5.84 Å². The van der Waals surface area contributed by atoms with E-state index in [2.05, 4.69) is 21.6 Å². The van der Waals surface area contributed by atoms with Gasteiger partial charge in [-0.15, -0.1) is 0 Å². The Kier molecular flexibility index (Phi) is 4.29. The Morgan fingerprint density at radius 2 is 1.82 bits per heavy atom. The normalized spacial score (nSPS) is 13.9. The van der Waals surface area contributed by atoms with Gasteiger partial charge in [0.2, 0.25) is 0 Å². The molecule has 0 saturated heterocycles. The van der Waals surface area contributed by atoms with Crippen molar-refractivity contribution in [3.63, 3.8) is 0 Å². The number of aliphatic imine (C=N–C) groups is 1. The molecular formula is C7H16N4. The molecule has 0 fully saturated rings. The summed E-state index contributed by atoms with van der Waals surface area (Å²) in [5.74, 6) is 1.86. The van der Waals surface area contributed by atoms with Crippen molar-refractivity contribution in [3.8, 4) is 0 Å². The third-order valence-electron chi connectivity index (χ3n) is 1.11. The summed E-state index contributed by atoms with van der Waals surface area (Å²) in [7, 11) is 1.50. The van der Waals surface area contributed by atoms with Crippen molar-refractivity contribution < 1.29 is 0 Å². The van der Waals surface area contributed by atoms with Crippen LogP contribution < -0.4 is 16.6 Å². The second kappa shape index (κ2) is 4.73. The number of rotatable bonds is 0. The van der Waals surface area contributed by atoms with Crippen LogP contribution in [-0.2, 0) is 0 Å². The molecule has 0 atom stereocenters. The summed E-state index contributed by atoms with van der Waals surface area (Å²) in [5, 5.41) is 0. The number of amidine groups is 1. The number of hydrazine groups is 1. The van der Waals surface area contributed by atoms with Crippen molar-refractivity contribution in [2.24, 2.45) is 10.7 Å². The minimum atomic E-state index is 0.922. The van der Waals surface area contributed by atoms with Gasteiger partial charge in [0.25, 0.3) is 0 Å². The molecule has 4 nitrogen and oxygen atoms in total. The maximum atomic E-state index is 4.50. The molecule has 1 rings (SSSR count). The molecule has 1 aliphatic heterocycles. The molecule has 4 N–H and O–H groups in total. The Hall–Kier alpha value is -1.03. The van der Waals surface area contributed by atoms with E-state index in [4.69, 9.17) is 0 Å². The van der Waals surface area contributed by atoms with Crippen molar-refractivity contribution in [3.05, 3.63) is 11.4 Å². The number of nitrogens with one attached hydrogen (secondary N) is 2. The highest BCUT2D eigenvalue weighted by atomic mass is 15.5. The lowest BCUT2D eigenvalue weighted by atomic mass is 10.3. The molecule has 0 aliphatic carbocycles. The van der Waals surface area contributed by atoms with Crippen LogP contribution in [-0.4, -0.2) is 12.9 Å². The Morgan fingerprint density at radius 3 is 2.00 bits per heavy atom. The second-order valence-electron chi connectivity index (χ2n) is 2.30. The van der Waals surface area contributed by atoms with E-state index in [-0.39, 0.29) is 0 Å². The highest BCUT2D eigenvalue weighted by molar-refractivity contribution is 5.82. The van der Waals surface area contributed by atoms with Crippen LogP contribution in [0.5, 0.6) is 0 Å². The van der Waals surface area contributed by atoms with Crippen LogP contribution in [0.2, 0.25) is 0 Å². The summed E-state index contributed by atoms with van der Waals surface area (Å²) in [6, 6.07) is 0. The molecule has 0 radical (unpaired) electrons. The van der Waals surface area contributed by atoms with E-state index in [1.165, 1.54) is 12.6 Å². The van der Waals surface area contributed by atoms with Crippen LogP contribution in [0.3, 0.4) is 0 Å². The van der Waals surface area contributed by atoms with Gasteiger partial charge in [-0.25, -0.2) is 4.99 Å². The number of nitrogens with zero attached hydrogens (tertiary/aromatic N) is 1. The molecule has 11 heavy (non-hydrogen) atoms. The molecule has 0 unspecified atom stereocenters. The molecule has 0 aromatic heterocycles. The van der Waals surface area contributed by atoms with Gasteiger partial charge in [0.05, 0.1) is 0 Å². The van der Waals surface area contributed by atoms with Crippen LogP contribution >= 0.6 is 0 Å². The predicted molar refractivity (Wildman–Crippen MR) is 47.9 cm³/mol. The average Bonchev–Trinajstić information content (AvgIpc) is 2.40. The largest absolute Gasteiger partial charge is 0.333 e. The first kappa shape index (κ1) is 9.97. The Morgan fingerprint density at radius 1 is 1.27 bits per heavy atom. The molecule has 0 aromatic carbocycles. The first-order chi connectivity index (χ1) is 5.20. The molecule has 0 aromatic rings. The van der Waals surface area contributed by atoms with E-state index < -0.39 is 0 Å². The summed E-state index contributed by atoms with van der Waals surface area (Å²) in [4.78, 5) is 4.16. The van der Waals surface area contributed by atoms with Crippen LogP contribution in [0.4, 0.5) is 0 Å². The lowest BCUT2D eigenvalue weighted by Crippen LogP contribution is -2.27. The van der Waals surface area contributed by atoms with Gasteiger partial charge >= 0.3 is 0 Å². The molecule has 0 amide bonds. The lowest BCUT2D eigenvalue weighted by molar-refractivity contribution is 0.795. The summed E-state index contributed by atoms with van der Waals surface area (Å²) < 4.78 is 0. The zero-order valence-corrected chi connectivity index (χ0v) is 7.52. The minimum Gasteiger partial charge on any atom is -0.333 e. The molecule has 64 valence electrons. The van der Waals surface area contributed by atoms with Crippen LogP contribution in [0.1, 0.15) is 20.8 Å². The fourth-order valence-electron chi connectivity index (χ4n) is 0.610. The third kappa shape index (κ3) is 3.04. The van der Waals surface area contributed by atoms with E-state index in [0.717, 1.165) is 11.7 Å². The quantitative estimate of drug-likeness (QED) is 0.474. The highest BCUT2D eigenvalue weighted by Crippen LogP contribution is 2.03. The molecule has 0 spiro atoms. The van der Waals surface area contributed by atoms with E-state index in [9.17, 15) is 0 Å². The van der Waals surface area contributed by atoms with Crippen LogP contribution in [0, 0.1) is 0 Å². The molecule has 0 bridgehead atoms. The number of hydrogen-bond donors (Lipinski definition) is 3. The van der Waals surface area contributed by atoms with Gasteiger partial charge in [-0.05, 0) is 33.4 Å². The average molecular weight is 156 g/mol. The summed E-state index contributed by atoms with van der Waals surface area (Å²) in [6.45, 7) is 5.96. The molecular weight excluding hydrogens is 140 g/mol. The van der Waals surface area contributed by atoms with Gasteiger partial charge in [0, 0.05) is 0 Å². The van der Waals surface area contributed by atoms with Gasteiger partial charge in [0.1, 0.15) is 11.7 Å². The van der Waals surface area contributed by atoms with Gasteiger partial charge in [-0.1, -0.05) is 0 Å². The number of allylic oxidation sites excluding steroid dienone is 1. The first-order valence-corrected chi connectivity index (χ1v) is 3.52. The van der Waals surface area contributed by atoms with Gasteiger partial charge < -0.3 is 5.73 Å². The minimum absolute atomic E-state index is 0.922. The standard InChI is InChI=1S/C6H11N3.CH5N/c1-4(2)6-7-5(3)8-9-6;1-2/h9H,1-3H3,(H,7,8);2H2,1H3. The predicted octanol–water partition coefficient (Wildman–Crippen LogP) is 0.339. The SMILES string of the molecule is CC1=NC(=C(C)C)NN1.CN. The van der Waals surface area contributed by atoms with Crippen molar-refractivity contribution in [1.82, 2.24) is 10.9 Å². The zero-order valence-electron chi connectivity index (χ0n) is 7.52. The van der Waals surface area contributed by atoms with Crippen LogP contribution in [0.25, 0.3) is 0 Å². The fraction of sp³-hybridized carbons (Fsp3) is 0.571. The molecule has 0 saturated carbocycles. The zero-order chi connectivity index (χ0) is 8.85. The summed E-state index contributed by atoms with van der Waals surface area (Å²) in [5.41, 5.74) is 11.5. The molecule has 1 heterocycles. The second-order valence-corrected chi connectivity index (χ2v) is 2.30. The highest BCUT2D eigenvalue weighted by Gasteiger charge is 2.03. The van der Waals surface area contributed by atoms with E-state index in [0.29, 0.717) is 0 Å². The van der Waals surface area contributed by atoms with E-state index in [1.54, 1.807) is 0 Å². The Labute approximate surface area is 67.5 Å². The number of nitrogens with two attached hydrogens (primary N) is 1. The lowest BCUT2D eigenvalue weighted by Gasteiger charge is -1.96. The Balaban J connectivity index is 0.000000461. The van der Waals surface area contributed by atoms with E-state index in [1.807, 2.05) is 20.8 Å². The molecule has 1 aliphatic rings. The van der Waals surface area contributed by atoms with Gasteiger partial charge in [-0.3, -0.25) is 10.9 Å². The fourth-order valence-corrected chi connectivity index (χ4v) is 0.610. The smallest absolute Gasteiger partial charge is 0.145 e. The number of hydrogen-bond acceptors (Lipinski definition) is 4. The van der Waals surface area contributed by atoms with E-state index >= 15 is 0 Å². The third-order valence-corrected chi connectivity index (χ3v) is 1.11. The maximum Gasteiger partial charge on any atom is 0.145 e. The topological polar surface area (TPSA) is 62.4 Å². The molecule has 4 heteroatoms. The first-order valence-electron chi connectivity index (χ1n) is 3.52. The van der Waals surface area contributed by atoms with Crippen molar-refractivity contribution in [2.75, 3.05) is 7.05 Å². The van der Waals surface area contributed by atoms with Gasteiger partial charge in [0.15, 0.2) is 0 Å². The van der Waals surface area contributed by atoms with Crippen molar-refractivity contribution in [2.45, 2.75) is 20.8 Å².